The number of hydrogen-bond donors (Lipinski definition) is 7. The second-order valence-corrected chi connectivity index (χ2v) is 13.0. The summed E-state index contributed by atoms with van der Waals surface area (Å²) in [6, 6.07) is 8.95. The minimum absolute atomic E-state index is 0.0286. The first kappa shape index (κ1) is 29.2. The highest BCUT2D eigenvalue weighted by Crippen LogP contribution is 2.66. The van der Waals surface area contributed by atoms with E-state index in [0.29, 0.717) is 0 Å². The molecule has 1 aliphatic heterocycles. The molecule has 6 atom stereocenters. The summed E-state index contributed by atoms with van der Waals surface area (Å²) in [5.41, 5.74) is 6.23. The molecule has 22 heteroatoms. The second kappa shape index (κ2) is 11.0. The van der Waals surface area contributed by atoms with Crippen molar-refractivity contribution in [3.05, 3.63) is 36.7 Å². The molecule has 2 unspecified atom stereocenters. The van der Waals surface area contributed by atoms with Crippen molar-refractivity contribution in [2.45, 2.75) is 34.6 Å². The molecule has 4 rings (SSSR count). The highest BCUT2D eigenvalue weighted by molar-refractivity contribution is 7.99. The van der Waals surface area contributed by atoms with Crippen molar-refractivity contribution >= 4 is 52.2 Å². The maximum absolute atomic E-state index is 12.0. The molecule has 8 N–H and O–H groups in total. The van der Waals surface area contributed by atoms with E-state index in [2.05, 4.69) is 28.1 Å². The average molecular weight is 615 g/mol. The molecule has 3 aromatic rings. The van der Waals surface area contributed by atoms with Gasteiger partial charge in [0.25, 0.3) is 0 Å². The Labute approximate surface area is 216 Å². The van der Waals surface area contributed by atoms with Crippen LogP contribution in [-0.2, 0) is 31.6 Å². The lowest BCUT2D eigenvalue weighted by atomic mass is 10.1. The molecule has 0 radical (unpaired) electrons. The number of aromatic nitrogens is 4. The summed E-state index contributed by atoms with van der Waals surface area (Å²) in [4.78, 5) is 49.3. The average Bonchev–Trinajstić information content (AvgIpc) is 3.28. The van der Waals surface area contributed by atoms with Gasteiger partial charge in [-0.15, -0.1) is 0 Å². The molecule has 18 nitrogen and oxygen atoms in total. The highest BCUT2D eigenvalue weighted by atomic mass is 32.2. The fourth-order valence-electron chi connectivity index (χ4n) is 3.35. The number of nitrogen functional groups attached to an aromatic ring is 1. The molecule has 0 aliphatic carbocycles. The van der Waals surface area contributed by atoms with E-state index in [1.807, 2.05) is 0 Å². The molecule has 3 heterocycles. The summed E-state index contributed by atoms with van der Waals surface area (Å²) in [6.45, 7) is -0.983. The number of aliphatic hydroxyl groups is 2. The van der Waals surface area contributed by atoms with Crippen LogP contribution in [0, 0.1) is 0 Å². The normalized spacial score (nSPS) is 25.3. The maximum Gasteiger partial charge on any atom is 0.490 e. The Morgan fingerprint density at radius 3 is 2.34 bits per heavy atom. The lowest BCUT2D eigenvalue weighted by molar-refractivity contribution is -0.0540. The fourth-order valence-corrected chi connectivity index (χ4v) is 7.31. The van der Waals surface area contributed by atoms with E-state index in [0.717, 1.165) is 23.0 Å². The number of phosphoric acid groups is 3. The maximum atomic E-state index is 12.0. The molecule has 208 valence electrons. The zero-order chi connectivity index (χ0) is 27.9. The minimum Gasteiger partial charge on any atom is -0.387 e. The summed E-state index contributed by atoms with van der Waals surface area (Å²) in [5, 5.41) is 21.5. The van der Waals surface area contributed by atoms with E-state index in [-0.39, 0.29) is 22.1 Å². The largest absolute Gasteiger partial charge is 0.490 e. The number of rotatable bonds is 10. The minimum atomic E-state index is -5.74. The van der Waals surface area contributed by atoms with Crippen molar-refractivity contribution in [2.75, 3.05) is 12.3 Å². The number of ether oxygens (including phenoxy) is 1. The second-order valence-electron chi connectivity index (χ2n) is 7.54. The Hall–Kier alpha value is -1.79. The molecule has 0 amide bonds. The van der Waals surface area contributed by atoms with Crippen molar-refractivity contribution in [2.24, 2.45) is 0 Å². The number of nitrogens with zero attached hydrogens (tertiary/aromatic N) is 4. The van der Waals surface area contributed by atoms with Gasteiger partial charge in [-0.3, -0.25) is 9.09 Å². The number of anilines is 1. The van der Waals surface area contributed by atoms with Crippen LogP contribution in [0.2, 0.25) is 0 Å². The molecule has 0 saturated carbocycles. The number of phosphoric ester groups is 1. The van der Waals surface area contributed by atoms with Crippen molar-refractivity contribution in [1.82, 2.24) is 19.5 Å². The molecule has 1 aromatic carbocycles. The summed E-state index contributed by atoms with van der Waals surface area (Å²) >= 11 is 1.15. The highest BCUT2D eigenvalue weighted by Gasteiger charge is 2.47. The lowest BCUT2D eigenvalue weighted by Gasteiger charge is -2.19. The van der Waals surface area contributed by atoms with Crippen molar-refractivity contribution < 1.29 is 61.4 Å². The van der Waals surface area contributed by atoms with E-state index in [1.54, 1.807) is 30.3 Å². The summed E-state index contributed by atoms with van der Waals surface area (Å²) in [5.74, 6) is 0.0286. The number of aliphatic hydroxyl groups excluding tert-OH is 2. The molecular weight excluding hydrogens is 595 g/mol. The quantitative estimate of drug-likeness (QED) is 0.153. The number of hydrogen-bond acceptors (Lipinski definition) is 14. The van der Waals surface area contributed by atoms with Crippen LogP contribution < -0.4 is 5.73 Å². The molecule has 1 saturated heterocycles. The van der Waals surface area contributed by atoms with E-state index in [4.69, 9.17) is 20.3 Å². The first-order chi connectivity index (χ1) is 17.7. The van der Waals surface area contributed by atoms with Crippen molar-refractivity contribution in [1.29, 1.82) is 0 Å². The molecule has 0 spiro atoms. The fraction of sp³-hybridized carbons (Fsp3) is 0.312. The Bertz CT molecular complexity index is 1460. The number of fused-ring (bicyclic) bond motifs is 1. The SMILES string of the molecule is Nc1ncnc2c1nc(Sc1ccccc1)n2[C@@H]1O[C@H](COP(=O)(O)OP(=O)(O)OP(=O)(O)O)[C@@H](O)[C@H]1O. The van der Waals surface area contributed by atoms with Crippen molar-refractivity contribution in [3.8, 4) is 0 Å². The van der Waals surface area contributed by atoms with E-state index in [9.17, 15) is 33.7 Å². The van der Waals surface area contributed by atoms with Crippen LogP contribution in [0.3, 0.4) is 0 Å². The third kappa shape index (κ3) is 6.85. The number of imidazole rings is 1. The van der Waals surface area contributed by atoms with E-state index >= 15 is 0 Å². The molecule has 38 heavy (non-hydrogen) atoms. The molecule has 2 aromatic heterocycles. The molecule has 1 fully saturated rings. The predicted molar refractivity (Wildman–Crippen MR) is 126 cm³/mol. The Kier molecular flexibility index (Phi) is 8.45. The van der Waals surface area contributed by atoms with Gasteiger partial charge in [0.15, 0.2) is 28.4 Å². The zero-order valence-corrected chi connectivity index (χ0v) is 22.1. The Balaban J connectivity index is 1.56. The molecular formula is C16H20N5O13P3S. The van der Waals surface area contributed by atoms with Crippen LogP contribution in [-0.4, -0.2) is 74.2 Å². The third-order valence-corrected chi connectivity index (χ3v) is 9.62. The first-order valence-electron chi connectivity index (χ1n) is 10.2. The zero-order valence-electron chi connectivity index (χ0n) is 18.6. The smallest absolute Gasteiger partial charge is 0.387 e. The van der Waals surface area contributed by atoms with Crippen LogP contribution in [0.15, 0.2) is 46.7 Å². The number of nitrogens with two attached hydrogens (primary N) is 1. The molecule has 1 aliphatic rings. The van der Waals surface area contributed by atoms with Crippen LogP contribution in [0.5, 0.6) is 0 Å². The Morgan fingerprint density at radius 2 is 1.68 bits per heavy atom. The van der Waals surface area contributed by atoms with Crippen LogP contribution in [0.1, 0.15) is 6.23 Å². The van der Waals surface area contributed by atoms with Gasteiger partial charge in [-0.25, -0.2) is 28.6 Å². The predicted octanol–water partition coefficient (Wildman–Crippen LogP) is 0.522. The third-order valence-electron chi connectivity index (χ3n) is 4.83. The van der Waals surface area contributed by atoms with E-state index < -0.39 is 54.6 Å². The molecule has 0 bridgehead atoms. The van der Waals surface area contributed by atoms with Gasteiger partial charge in [-0.2, -0.15) is 8.62 Å². The number of benzene rings is 1. The standard InChI is InChI=1S/C16H20N5O13P3S/c17-13-10-14(19-7-18-13)21(16(20-10)38-8-4-2-1-3-5-8)15-12(23)11(22)9(32-15)6-31-36(27,28)34-37(29,30)33-35(24,25)26/h1-5,7,9,11-12,15,22-23H,6H2,(H,27,28)(H,29,30)(H2,17,18,19)(H2,24,25,26)/t9-,11-,12-,15-/m1/s1. The van der Waals surface area contributed by atoms with Gasteiger partial charge in [-0.05, 0) is 12.1 Å². The van der Waals surface area contributed by atoms with Gasteiger partial charge in [0.2, 0.25) is 0 Å². The topological polar surface area (TPSA) is 279 Å². The monoisotopic (exact) mass is 615 g/mol. The van der Waals surface area contributed by atoms with Gasteiger partial charge in [0.1, 0.15) is 24.6 Å². The van der Waals surface area contributed by atoms with Gasteiger partial charge in [-0.1, -0.05) is 30.0 Å². The van der Waals surface area contributed by atoms with Gasteiger partial charge >= 0.3 is 23.5 Å². The summed E-state index contributed by atoms with van der Waals surface area (Å²) in [7, 11) is -16.8. The van der Waals surface area contributed by atoms with Crippen molar-refractivity contribution in [3.63, 3.8) is 0 Å². The summed E-state index contributed by atoms with van der Waals surface area (Å²) in [6.07, 6.45) is -5.11. The Morgan fingerprint density at radius 1 is 1.00 bits per heavy atom. The van der Waals surface area contributed by atoms with Gasteiger partial charge < -0.3 is 40.3 Å². The van der Waals surface area contributed by atoms with Crippen LogP contribution in [0.4, 0.5) is 5.82 Å². The first-order valence-corrected chi connectivity index (χ1v) is 15.5. The van der Waals surface area contributed by atoms with E-state index in [1.165, 1.54) is 4.57 Å². The lowest BCUT2D eigenvalue weighted by Crippen LogP contribution is -2.33. The van der Waals surface area contributed by atoms with Crippen LogP contribution >= 0.6 is 35.2 Å². The van der Waals surface area contributed by atoms with Gasteiger partial charge in [0.05, 0.1) is 6.61 Å². The summed E-state index contributed by atoms with van der Waals surface area (Å²) < 4.78 is 53.1. The van der Waals surface area contributed by atoms with Gasteiger partial charge in [0, 0.05) is 4.90 Å². The van der Waals surface area contributed by atoms with Crippen LogP contribution in [0.25, 0.3) is 11.2 Å².